The molecule has 3 rings (SSSR count). The molecule has 0 atom stereocenters. The lowest BCUT2D eigenvalue weighted by molar-refractivity contribution is -0.137. The van der Waals surface area contributed by atoms with Crippen LogP contribution >= 0.6 is 0 Å². The highest BCUT2D eigenvalue weighted by atomic mass is 32.2. The summed E-state index contributed by atoms with van der Waals surface area (Å²) in [4.78, 5) is 1.77. The summed E-state index contributed by atoms with van der Waals surface area (Å²) in [5, 5.41) is 0. The minimum absolute atomic E-state index is 0.225. The number of ether oxygens (including phenoxy) is 1. The molecule has 0 N–H and O–H groups in total. The van der Waals surface area contributed by atoms with Gasteiger partial charge in [-0.3, -0.25) is 4.90 Å². The van der Waals surface area contributed by atoms with Gasteiger partial charge >= 0.3 is 6.18 Å². The first-order valence-electron chi connectivity index (χ1n) is 8.73. The van der Waals surface area contributed by atoms with Crippen molar-refractivity contribution in [3.05, 3.63) is 59.7 Å². The second-order valence-electron chi connectivity index (χ2n) is 6.56. The van der Waals surface area contributed by atoms with E-state index in [0.29, 0.717) is 25.7 Å². The normalized spacial score (nSPS) is 16.9. The highest BCUT2D eigenvalue weighted by molar-refractivity contribution is 7.89. The third-order valence-electron chi connectivity index (χ3n) is 4.67. The molecule has 28 heavy (non-hydrogen) atoms. The van der Waals surface area contributed by atoms with Crippen LogP contribution < -0.4 is 4.74 Å². The molecular formula is C19H21F3N2O3S. The molecule has 0 aliphatic carbocycles. The first-order chi connectivity index (χ1) is 13.2. The summed E-state index contributed by atoms with van der Waals surface area (Å²) in [6, 6.07) is 11.5. The summed E-state index contributed by atoms with van der Waals surface area (Å²) < 4.78 is 70.6. The number of rotatable bonds is 5. The largest absolute Gasteiger partial charge is 0.497 e. The van der Waals surface area contributed by atoms with Gasteiger partial charge in [-0.25, -0.2) is 8.42 Å². The standard InChI is InChI=1S/C19H21F3N2O3S/c1-27-17-6-2-4-15(12-17)14-23-8-10-24(11-9-23)28(25,26)18-7-3-5-16(13-18)19(20,21)22/h2-7,12-13H,8-11,14H2,1H3. The van der Waals surface area contributed by atoms with Crippen LogP contribution in [0.15, 0.2) is 53.4 Å². The van der Waals surface area contributed by atoms with Gasteiger partial charge in [0.2, 0.25) is 10.0 Å². The fraction of sp³-hybridized carbons (Fsp3) is 0.368. The van der Waals surface area contributed by atoms with E-state index in [-0.39, 0.29) is 18.0 Å². The van der Waals surface area contributed by atoms with Crippen LogP contribution in [-0.2, 0) is 22.7 Å². The number of methoxy groups -OCH3 is 1. The zero-order valence-corrected chi connectivity index (χ0v) is 16.1. The predicted octanol–water partition coefficient (Wildman–Crippen LogP) is 3.22. The van der Waals surface area contributed by atoms with Crippen molar-refractivity contribution in [3.8, 4) is 5.75 Å². The monoisotopic (exact) mass is 414 g/mol. The van der Waals surface area contributed by atoms with Crippen LogP contribution in [0.4, 0.5) is 13.2 Å². The number of halogens is 3. The summed E-state index contributed by atoms with van der Waals surface area (Å²) in [7, 11) is -2.37. The Morgan fingerprint density at radius 2 is 1.68 bits per heavy atom. The van der Waals surface area contributed by atoms with Gasteiger partial charge in [-0.05, 0) is 35.9 Å². The van der Waals surface area contributed by atoms with Gasteiger partial charge in [-0.15, -0.1) is 0 Å². The smallest absolute Gasteiger partial charge is 0.416 e. The van der Waals surface area contributed by atoms with Crippen molar-refractivity contribution >= 4 is 10.0 Å². The Morgan fingerprint density at radius 1 is 1.00 bits per heavy atom. The predicted molar refractivity (Wildman–Crippen MR) is 98.5 cm³/mol. The molecule has 5 nitrogen and oxygen atoms in total. The van der Waals surface area contributed by atoms with E-state index in [4.69, 9.17) is 4.74 Å². The summed E-state index contributed by atoms with van der Waals surface area (Å²) in [5.41, 5.74) is 0.0822. The third-order valence-corrected chi connectivity index (χ3v) is 6.57. The van der Waals surface area contributed by atoms with E-state index >= 15 is 0 Å². The van der Waals surface area contributed by atoms with Gasteiger partial charge in [0, 0.05) is 32.7 Å². The van der Waals surface area contributed by atoms with Gasteiger partial charge in [0.25, 0.3) is 0 Å². The number of piperazine rings is 1. The third kappa shape index (κ3) is 4.65. The fourth-order valence-corrected chi connectivity index (χ4v) is 4.61. The van der Waals surface area contributed by atoms with Crippen LogP contribution in [0.2, 0.25) is 0 Å². The van der Waals surface area contributed by atoms with Gasteiger partial charge in [0.15, 0.2) is 0 Å². The molecule has 1 saturated heterocycles. The maximum atomic E-state index is 12.9. The highest BCUT2D eigenvalue weighted by Gasteiger charge is 2.33. The average molecular weight is 414 g/mol. The van der Waals surface area contributed by atoms with Crippen LogP contribution in [0, 0.1) is 0 Å². The van der Waals surface area contributed by atoms with E-state index in [1.165, 1.54) is 10.4 Å². The molecule has 2 aromatic carbocycles. The Hall–Kier alpha value is -2.10. The number of nitrogens with zero attached hydrogens (tertiary/aromatic N) is 2. The molecule has 0 aromatic heterocycles. The zero-order valence-electron chi connectivity index (χ0n) is 15.3. The lowest BCUT2D eigenvalue weighted by Crippen LogP contribution is -2.48. The summed E-state index contributed by atoms with van der Waals surface area (Å²) in [6.45, 7) is 2.09. The van der Waals surface area contributed by atoms with Crippen LogP contribution in [-0.4, -0.2) is 50.9 Å². The quantitative estimate of drug-likeness (QED) is 0.754. The fourth-order valence-electron chi connectivity index (χ4n) is 3.14. The maximum absolute atomic E-state index is 12.9. The van der Waals surface area contributed by atoms with Crippen molar-refractivity contribution < 1.29 is 26.3 Å². The van der Waals surface area contributed by atoms with E-state index in [1.54, 1.807) is 7.11 Å². The molecule has 0 unspecified atom stereocenters. The Morgan fingerprint density at radius 3 is 2.32 bits per heavy atom. The molecule has 9 heteroatoms. The van der Waals surface area contributed by atoms with Gasteiger partial charge in [-0.1, -0.05) is 18.2 Å². The van der Waals surface area contributed by atoms with E-state index < -0.39 is 21.8 Å². The van der Waals surface area contributed by atoms with Crippen molar-refractivity contribution in [1.82, 2.24) is 9.21 Å². The number of alkyl halides is 3. The van der Waals surface area contributed by atoms with Crippen molar-refractivity contribution in [2.75, 3.05) is 33.3 Å². The maximum Gasteiger partial charge on any atom is 0.416 e. The lowest BCUT2D eigenvalue weighted by atomic mass is 10.2. The number of sulfonamides is 1. The van der Waals surface area contributed by atoms with E-state index in [1.807, 2.05) is 24.3 Å². The number of hydrogen-bond donors (Lipinski definition) is 0. The topological polar surface area (TPSA) is 49.9 Å². The van der Waals surface area contributed by atoms with Crippen LogP contribution in [0.3, 0.4) is 0 Å². The number of hydrogen-bond acceptors (Lipinski definition) is 4. The molecule has 0 saturated carbocycles. The summed E-state index contributed by atoms with van der Waals surface area (Å²) in [5.74, 6) is 0.753. The lowest BCUT2D eigenvalue weighted by Gasteiger charge is -2.34. The number of benzene rings is 2. The molecule has 2 aromatic rings. The molecule has 0 radical (unpaired) electrons. The molecule has 0 amide bonds. The Bertz CT molecular complexity index is 924. The molecule has 0 bridgehead atoms. The van der Waals surface area contributed by atoms with Crippen molar-refractivity contribution in [3.63, 3.8) is 0 Å². The second kappa shape index (κ2) is 8.10. The first-order valence-corrected chi connectivity index (χ1v) is 10.2. The summed E-state index contributed by atoms with van der Waals surface area (Å²) >= 11 is 0. The van der Waals surface area contributed by atoms with Crippen molar-refractivity contribution in [1.29, 1.82) is 0 Å². The van der Waals surface area contributed by atoms with Crippen molar-refractivity contribution in [2.45, 2.75) is 17.6 Å². The molecular weight excluding hydrogens is 393 g/mol. The Balaban J connectivity index is 1.67. The minimum Gasteiger partial charge on any atom is -0.497 e. The Labute approximate surface area is 162 Å². The second-order valence-corrected chi connectivity index (χ2v) is 8.50. The summed E-state index contributed by atoms with van der Waals surface area (Å²) in [6.07, 6.45) is -4.58. The van der Waals surface area contributed by atoms with Crippen molar-refractivity contribution in [2.24, 2.45) is 0 Å². The van der Waals surface area contributed by atoms with Gasteiger partial charge in [-0.2, -0.15) is 17.5 Å². The SMILES string of the molecule is COc1cccc(CN2CCN(S(=O)(=O)c3cccc(C(F)(F)F)c3)CC2)c1. The molecule has 1 heterocycles. The van der Waals surface area contributed by atoms with Gasteiger partial charge in [0.1, 0.15) is 5.75 Å². The zero-order chi connectivity index (χ0) is 20.4. The molecule has 1 aliphatic rings. The first kappa shape index (κ1) is 20.6. The van der Waals surface area contributed by atoms with Crippen LogP contribution in [0.5, 0.6) is 5.75 Å². The van der Waals surface area contributed by atoms with E-state index in [0.717, 1.165) is 23.4 Å². The molecule has 0 spiro atoms. The van der Waals surface area contributed by atoms with E-state index in [9.17, 15) is 21.6 Å². The van der Waals surface area contributed by atoms with Gasteiger partial charge in [0.05, 0.1) is 17.6 Å². The van der Waals surface area contributed by atoms with Crippen LogP contribution in [0.1, 0.15) is 11.1 Å². The molecule has 1 aliphatic heterocycles. The molecule has 1 fully saturated rings. The minimum atomic E-state index is -4.58. The Kier molecular flexibility index (Phi) is 5.97. The van der Waals surface area contributed by atoms with Gasteiger partial charge < -0.3 is 4.74 Å². The van der Waals surface area contributed by atoms with E-state index in [2.05, 4.69) is 4.90 Å². The average Bonchev–Trinajstić information content (AvgIpc) is 2.68. The molecule has 152 valence electrons. The highest BCUT2D eigenvalue weighted by Crippen LogP contribution is 2.31. The van der Waals surface area contributed by atoms with Crippen LogP contribution in [0.25, 0.3) is 0 Å².